The second-order valence-electron chi connectivity index (χ2n) is 4.79. The minimum absolute atomic E-state index is 0. The number of hydrogen-bond donors (Lipinski definition) is 1. The van der Waals surface area contributed by atoms with Crippen molar-refractivity contribution in [3.05, 3.63) is 34.1 Å². The number of nitrogens with zero attached hydrogens (tertiary/aromatic N) is 1. The first kappa shape index (κ1) is 15.9. The van der Waals surface area contributed by atoms with E-state index in [-0.39, 0.29) is 18.2 Å². The fourth-order valence-corrected chi connectivity index (χ4v) is 2.64. The highest BCUT2D eigenvalue weighted by atomic mass is 79.9. The Balaban J connectivity index is 0.00000162. The van der Waals surface area contributed by atoms with Crippen LogP contribution in [0.25, 0.3) is 0 Å². The van der Waals surface area contributed by atoms with Crippen molar-refractivity contribution in [3.8, 4) is 0 Å². The largest absolute Gasteiger partial charge is 0.329 e. The monoisotopic (exact) mass is 336 g/mol. The molecule has 0 heterocycles. The van der Waals surface area contributed by atoms with Gasteiger partial charge < -0.3 is 5.73 Å². The van der Waals surface area contributed by atoms with Gasteiger partial charge in [-0.05, 0) is 49.6 Å². The highest BCUT2D eigenvalue weighted by Crippen LogP contribution is 2.35. The fraction of sp³-hybridized carbons (Fsp3) is 0.538. The number of hydrogen-bond acceptors (Lipinski definition) is 2. The fourth-order valence-electron chi connectivity index (χ4n) is 2.26. The van der Waals surface area contributed by atoms with Crippen LogP contribution in [0.5, 0.6) is 0 Å². The molecule has 2 nitrogen and oxygen atoms in total. The molecule has 1 aromatic carbocycles. The highest BCUT2D eigenvalue weighted by Gasteiger charge is 2.32. The van der Waals surface area contributed by atoms with Crippen LogP contribution in [0, 0.1) is 11.7 Å². The Morgan fingerprint density at radius 3 is 2.72 bits per heavy atom. The Morgan fingerprint density at radius 1 is 1.50 bits per heavy atom. The van der Waals surface area contributed by atoms with Crippen LogP contribution in [0.4, 0.5) is 4.39 Å². The quantitative estimate of drug-likeness (QED) is 0.894. The van der Waals surface area contributed by atoms with Gasteiger partial charge in [0.05, 0.1) is 0 Å². The van der Waals surface area contributed by atoms with Gasteiger partial charge in [-0.2, -0.15) is 0 Å². The zero-order valence-corrected chi connectivity index (χ0v) is 12.8. The smallest absolute Gasteiger partial charge is 0.123 e. The molecule has 0 amide bonds. The third kappa shape index (κ3) is 3.92. The first-order chi connectivity index (χ1) is 8.11. The zero-order chi connectivity index (χ0) is 12.4. The Labute approximate surface area is 122 Å². The van der Waals surface area contributed by atoms with Gasteiger partial charge in [0.25, 0.3) is 0 Å². The van der Waals surface area contributed by atoms with Crippen LogP contribution in [-0.2, 0) is 6.54 Å². The number of rotatable bonds is 5. The minimum atomic E-state index is -0.188. The van der Waals surface area contributed by atoms with Gasteiger partial charge in [-0.15, -0.1) is 12.4 Å². The van der Waals surface area contributed by atoms with E-state index in [0.717, 1.165) is 22.5 Å². The van der Waals surface area contributed by atoms with E-state index in [1.165, 1.54) is 18.9 Å². The molecule has 1 aliphatic rings. The average Bonchev–Trinajstić information content (AvgIpc) is 3.09. The van der Waals surface area contributed by atoms with Gasteiger partial charge in [-0.25, -0.2) is 4.39 Å². The number of likely N-dealkylation sites (N-methyl/N-ethyl adjacent to an activating group) is 1. The summed E-state index contributed by atoms with van der Waals surface area (Å²) in [5.41, 5.74) is 6.79. The molecule has 1 aliphatic carbocycles. The van der Waals surface area contributed by atoms with Gasteiger partial charge in [0.2, 0.25) is 0 Å². The van der Waals surface area contributed by atoms with Crippen LogP contribution in [0.3, 0.4) is 0 Å². The number of nitrogens with two attached hydrogens (primary N) is 1. The van der Waals surface area contributed by atoms with Crippen LogP contribution >= 0.6 is 28.3 Å². The summed E-state index contributed by atoms with van der Waals surface area (Å²) >= 11 is 3.46. The Kier molecular flexibility index (Phi) is 6.05. The maximum absolute atomic E-state index is 13.2. The third-order valence-corrected chi connectivity index (χ3v) is 4.17. The van der Waals surface area contributed by atoms with E-state index in [0.29, 0.717) is 12.6 Å². The molecule has 0 saturated heterocycles. The van der Waals surface area contributed by atoms with Crippen molar-refractivity contribution >= 4 is 28.3 Å². The molecule has 18 heavy (non-hydrogen) atoms. The topological polar surface area (TPSA) is 29.3 Å². The Morgan fingerprint density at radius 2 is 2.17 bits per heavy atom. The molecule has 2 rings (SSSR count). The molecule has 1 saturated carbocycles. The van der Waals surface area contributed by atoms with Gasteiger partial charge >= 0.3 is 0 Å². The molecule has 2 N–H and O–H groups in total. The van der Waals surface area contributed by atoms with Crippen LogP contribution in [0.2, 0.25) is 0 Å². The van der Waals surface area contributed by atoms with Crippen molar-refractivity contribution in [2.45, 2.75) is 25.4 Å². The van der Waals surface area contributed by atoms with Crippen molar-refractivity contribution in [1.82, 2.24) is 4.90 Å². The van der Waals surface area contributed by atoms with Crippen LogP contribution < -0.4 is 5.73 Å². The summed E-state index contributed by atoms with van der Waals surface area (Å²) in [5.74, 6) is 0.546. The van der Waals surface area contributed by atoms with Crippen LogP contribution in [0.1, 0.15) is 18.4 Å². The summed E-state index contributed by atoms with van der Waals surface area (Å²) in [6.45, 7) is 1.41. The van der Waals surface area contributed by atoms with E-state index < -0.39 is 0 Å². The number of benzene rings is 1. The molecular formula is C13H19BrClFN2. The second-order valence-corrected chi connectivity index (χ2v) is 5.65. The summed E-state index contributed by atoms with van der Waals surface area (Å²) in [5, 5.41) is 0. The molecule has 0 aromatic heterocycles. The standard InChI is InChI=1S/C13H18BrFN2.ClH/c1-17(13(7-16)9-2-3-9)8-10-6-11(15)4-5-12(10)14;/h4-6,9,13H,2-3,7-8,16H2,1H3;1H. The second kappa shape index (κ2) is 6.85. The van der Waals surface area contributed by atoms with Crippen molar-refractivity contribution in [3.63, 3.8) is 0 Å². The van der Waals surface area contributed by atoms with E-state index in [9.17, 15) is 4.39 Å². The molecule has 1 aromatic rings. The normalized spacial score (nSPS) is 16.5. The highest BCUT2D eigenvalue weighted by molar-refractivity contribution is 9.10. The molecular weight excluding hydrogens is 319 g/mol. The van der Waals surface area contributed by atoms with Crippen molar-refractivity contribution in [2.24, 2.45) is 11.7 Å². The summed E-state index contributed by atoms with van der Waals surface area (Å²) in [6.07, 6.45) is 2.55. The van der Waals surface area contributed by atoms with Gasteiger partial charge in [0.15, 0.2) is 0 Å². The predicted molar refractivity (Wildman–Crippen MR) is 78.4 cm³/mol. The molecule has 1 unspecified atom stereocenters. The minimum Gasteiger partial charge on any atom is -0.329 e. The number of halogens is 3. The molecule has 0 radical (unpaired) electrons. The summed E-state index contributed by atoms with van der Waals surface area (Å²) in [6, 6.07) is 5.23. The molecule has 0 bridgehead atoms. The van der Waals surface area contributed by atoms with E-state index in [1.807, 2.05) is 0 Å². The lowest BCUT2D eigenvalue weighted by Gasteiger charge is -2.27. The average molecular weight is 338 g/mol. The van der Waals surface area contributed by atoms with E-state index in [4.69, 9.17) is 5.73 Å². The van der Waals surface area contributed by atoms with Gasteiger partial charge in [-0.1, -0.05) is 15.9 Å². The van der Waals surface area contributed by atoms with Crippen molar-refractivity contribution < 1.29 is 4.39 Å². The maximum atomic E-state index is 13.2. The summed E-state index contributed by atoms with van der Waals surface area (Å²) in [4.78, 5) is 2.23. The lowest BCUT2D eigenvalue weighted by Crippen LogP contribution is -2.39. The maximum Gasteiger partial charge on any atom is 0.123 e. The lowest BCUT2D eigenvalue weighted by molar-refractivity contribution is 0.215. The Bertz CT molecular complexity index is 399. The molecule has 0 spiro atoms. The molecule has 5 heteroatoms. The summed E-state index contributed by atoms with van der Waals surface area (Å²) in [7, 11) is 2.06. The van der Waals surface area contributed by atoms with Crippen LogP contribution in [0.15, 0.2) is 22.7 Å². The van der Waals surface area contributed by atoms with Crippen molar-refractivity contribution in [1.29, 1.82) is 0 Å². The predicted octanol–water partition coefficient (Wildman–Crippen LogP) is 3.18. The first-order valence-electron chi connectivity index (χ1n) is 5.96. The van der Waals surface area contributed by atoms with Gasteiger partial charge in [0.1, 0.15) is 5.82 Å². The SMILES string of the molecule is CN(Cc1cc(F)ccc1Br)C(CN)C1CC1.Cl. The van der Waals surface area contributed by atoms with E-state index in [1.54, 1.807) is 12.1 Å². The van der Waals surface area contributed by atoms with Gasteiger partial charge in [-0.3, -0.25) is 4.90 Å². The summed E-state index contributed by atoms with van der Waals surface area (Å²) < 4.78 is 14.1. The Hall–Kier alpha value is -0.160. The van der Waals surface area contributed by atoms with Crippen LogP contribution in [-0.4, -0.2) is 24.5 Å². The first-order valence-corrected chi connectivity index (χ1v) is 6.75. The van der Waals surface area contributed by atoms with E-state index in [2.05, 4.69) is 27.9 Å². The molecule has 102 valence electrons. The lowest BCUT2D eigenvalue weighted by atomic mass is 10.1. The third-order valence-electron chi connectivity index (χ3n) is 3.40. The molecule has 0 aliphatic heterocycles. The van der Waals surface area contributed by atoms with E-state index >= 15 is 0 Å². The van der Waals surface area contributed by atoms with Crippen molar-refractivity contribution in [2.75, 3.05) is 13.6 Å². The molecule has 1 fully saturated rings. The zero-order valence-electron chi connectivity index (χ0n) is 10.4. The molecule has 1 atom stereocenters. The van der Waals surface area contributed by atoms with Gasteiger partial charge in [0, 0.05) is 23.6 Å².